The van der Waals surface area contributed by atoms with Gasteiger partial charge in [0.2, 0.25) is 0 Å². The highest BCUT2D eigenvalue weighted by atomic mass is 79.9. The molecule has 3 aromatic rings. The van der Waals surface area contributed by atoms with Crippen LogP contribution in [0.3, 0.4) is 0 Å². The van der Waals surface area contributed by atoms with Crippen molar-refractivity contribution in [3.05, 3.63) is 52.7 Å². The van der Waals surface area contributed by atoms with Crippen LogP contribution in [0.15, 0.2) is 45.9 Å². The summed E-state index contributed by atoms with van der Waals surface area (Å²) >= 11 is 3.34. The molecule has 17 heavy (non-hydrogen) atoms. The van der Waals surface area contributed by atoms with Gasteiger partial charge < -0.3 is 9.40 Å². The third kappa shape index (κ3) is 1.68. The molecule has 0 radical (unpaired) electrons. The zero-order valence-electron chi connectivity index (χ0n) is 8.61. The molecular formula is C12H7BrN2O2. The minimum atomic E-state index is -0.0788. The zero-order valence-corrected chi connectivity index (χ0v) is 10.2. The summed E-state index contributed by atoms with van der Waals surface area (Å²) in [5.41, 5.74) is 1.82. The first kappa shape index (κ1) is 10.3. The van der Waals surface area contributed by atoms with Gasteiger partial charge in [-0.15, -0.1) is 0 Å². The number of aromatic amines is 1. The van der Waals surface area contributed by atoms with E-state index in [1.807, 2.05) is 6.07 Å². The van der Waals surface area contributed by atoms with Gasteiger partial charge in [-0.2, -0.15) is 0 Å². The molecule has 0 aliphatic rings. The molecule has 4 nitrogen and oxygen atoms in total. The average molecular weight is 291 g/mol. The molecule has 3 heterocycles. The van der Waals surface area contributed by atoms with Crippen LogP contribution in [-0.2, 0) is 0 Å². The van der Waals surface area contributed by atoms with E-state index in [9.17, 15) is 4.79 Å². The molecule has 5 heteroatoms. The maximum atomic E-state index is 12.2. The summed E-state index contributed by atoms with van der Waals surface area (Å²) in [5, 5.41) is 0.797. The summed E-state index contributed by atoms with van der Waals surface area (Å²) in [7, 11) is 0. The van der Waals surface area contributed by atoms with Crippen LogP contribution in [0, 0.1) is 0 Å². The van der Waals surface area contributed by atoms with Gasteiger partial charge in [-0.25, -0.2) is 4.98 Å². The third-order valence-corrected chi connectivity index (χ3v) is 2.96. The Morgan fingerprint density at radius 2 is 2.35 bits per heavy atom. The summed E-state index contributed by atoms with van der Waals surface area (Å²) in [4.78, 5) is 19.3. The van der Waals surface area contributed by atoms with Gasteiger partial charge in [0, 0.05) is 27.8 Å². The lowest BCUT2D eigenvalue weighted by atomic mass is 10.1. The first-order chi connectivity index (χ1) is 8.25. The molecule has 0 saturated carbocycles. The summed E-state index contributed by atoms with van der Waals surface area (Å²) in [6.07, 6.45) is 6.27. The second kappa shape index (κ2) is 3.85. The highest BCUT2D eigenvalue weighted by Gasteiger charge is 2.15. The Balaban J connectivity index is 2.18. The largest absolute Gasteiger partial charge is 0.472 e. The lowest BCUT2D eigenvalue weighted by Crippen LogP contribution is -1.98. The molecule has 84 valence electrons. The van der Waals surface area contributed by atoms with Gasteiger partial charge in [-0.1, -0.05) is 0 Å². The van der Waals surface area contributed by atoms with Crippen molar-refractivity contribution < 1.29 is 9.21 Å². The molecule has 0 saturated heterocycles. The predicted octanol–water partition coefficient (Wildman–Crippen LogP) is 3.15. The van der Waals surface area contributed by atoms with Crippen LogP contribution in [0.1, 0.15) is 15.9 Å². The highest BCUT2D eigenvalue weighted by molar-refractivity contribution is 9.10. The number of hydrogen-bond donors (Lipinski definition) is 1. The van der Waals surface area contributed by atoms with E-state index in [1.54, 1.807) is 18.5 Å². The summed E-state index contributed by atoms with van der Waals surface area (Å²) < 4.78 is 5.75. The number of ketones is 1. The van der Waals surface area contributed by atoms with Crippen LogP contribution in [-0.4, -0.2) is 15.8 Å². The first-order valence-electron chi connectivity index (χ1n) is 4.95. The van der Waals surface area contributed by atoms with Crippen LogP contribution in [0.25, 0.3) is 11.0 Å². The van der Waals surface area contributed by atoms with E-state index >= 15 is 0 Å². The molecule has 3 rings (SSSR count). The number of aromatic nitrogens is 2. The average Bonchev–Trinajstić information content (AvgIpc) is 2.97. The lowest BCUT2D eigenvalue weighted by Gasteiger charge is -1.96. The number of carbonyl (C=O) groups excluding carboxylic acids is 1. The van der Waals surface area contributed by atoms with Crippen LogP contribution >= 0.6 is 15.9 Å². The van der Waals surface area contributed by atoms with Crippen LogP contribution in [0.2, 0.25) is 0 Å². The Labute approximate surface area is 105 Å². The van der Waals surface area contributed by atoms with E-state index < -0.39 is 0 Å². The predicted molar refractivity (Wildman–Crippen MR) is 65.9 cm³/mol. The second-order valence-corrected chi connectivity index (χ2v) is 4.51. The topological polar surface area (TPSA) is 58.9 Å². The fourth-order valence-electron chi connectivity index (χ4n) is 1.71. The van der Waals surface area contributed by atoms with E-state index in [-0.39, 0.29) is 5.78 Å². The van der Waals surface area contributed by atoms with Gasteiger partial charge in [0.15, 0.2) is 5.78 Å². The first-order valence-corrected chi connectivity index (χ1v) is 5.74. The molecule has 0 unspecified atom stereocenters. The number of H-pyrrole nitrogens is 1. The van der Waals surface area contributed by atoms with Crippen molar-refractivity contribution in [2.45, 2.75) is 0 Å². The smallest absolute Gasteiger partial charge is 0.198 e. The monoisotopic (exact) mass is 290 g/mol. The van der Waals surface area contributed by atoms with Crippen molar-refractivity contribution in [1.29, 1.82) is 0 Å². The third-order valence-electron chi connectivity index (χ3n) is 2.53. The van der Waals surface area contributed by atoms with Crippen molar-refractivity contribution >= 4 is 32.7 Å². The lowest BCUT2D eigenvalue weighted by molar-refractivity contribution is 0.103. The number of rotatable bonds is 2. The summed E-state index contributed by atoms with van der Waals surface area (Å²) in [5.74, 6) is -0.0788. The van der Waals surface area contributed by atoms with E-state index in [2.05, 4.69) is 25.9 Å². The molecule has 0 aliphatic heterocycles. The van der Waals surface area contributed by atoms with Gasteiger partial charge in [0.05, 0.1) is 11.8 Å². The quantitative estimate of drug-likeness (QED) is 0.738. The van der Waals surface area contributed by atoms with Crippen LogP contribution in [0.4, 0.5) is 0 Å². The van der Waals surface area contributed by atoms with Crippen molar-refractivity contribution in [2.24, 2.45) is 0 Å². The Morgan fingerprint density at radius 3 is 3.12 bits per heavy atom. The number of nitrogens with one attached hydrogen (secondary N) is 1. The number of carbonyl (C=O) groups is 1. The molecule has 0 aliphatic carbocycles. The van der Waals surface area contributed by atoms with E-state index in [1.165, 1.54) is 12.5 Å². The number of hydrogen-bond acceptors (Lipinski definition) is 3. The Hall–Kier alpha value is -1.88. The van der Waals surface area contributed by atoms with Crippen molar-refractivity contribution in [3.8, 4) is 0 Å². The fraction of sp³-hybridized carbons (Fsp3) is 0. The molecule has 0 atom stereocenters. The van der Waals surface area contributed by atoms with Gasteiger partial charge >= 0.3 is 0 Å². The number of pyridine rings is 1. The van der Waals surface area contributed by atoms with Gasteiger partial charge in [0.1, 0.15) is 11.9 Å². The SMILES string of the molecule is O=C(c1ccoc1)c1c[nH]c2ncc(Br)cc12. The number of nitrogens with zero attached hydrogens (tertiary/aromatic N) is 1. The maximum absolute atomic E-state index is 12.2. The molecule has 0 fully saturated rings. The normalized spacial score (nSPS) is 10.9. The van der Waals surface area contributed by atoms with Crippen LogP contribution in [0.5, 0.6) is 0 Å². The van der Waals surface area contributed by atoms with Gasteiger partial charge in [-0.05, 0) is 28.1 Å². The number of furan rings is 1. The maximum Gasteiger partial charge on any atom is 0.198 e. The fourth-order valence-corrected chi connectivity index (χ4v) is 2.05. The second-order valence-electron chi connectivity index (χ2n) is 3.59. The molecule has 0 bridgehead atoms. The van der Waals surface area contributed by atoms with Crippen molar-refractivity contribution in [1.82, 2.24) is 9.97 Å². The summed E-state index contributed by atoms with van der Waals surface area (Å²) in [6.45, 7) is 0. The standard InChI is InChI=1S/C12H7BrN2O2/c13-8-3-9-10(5-15-12(9)14-4-8)11(16)7-1-2-17-6-7/h1-6H,(H,14,15). The molecule has 0 amide bonds. The number of halogens is 1. The Morgan fingerprint density at radius 1 is 1.47 bits per heavy atom. The highest BCUT2D eigenvalue weighted by Crippen LogP contribution is 2.22. The van der Waals surface area contributed by atoms with E-state index in [4.69, 9.17) is 4.42 Å². The Bertz CT molecular complexity index is 686. The van der Waals surface area contributed by atoms with Gasteiger partial charge in [-0.3, -0.25) is 4.79 Å². The minimum absolute atomic E-state index is 0.0788. The number of fused-ring (bicyclic) bond motifs is 1. The van der Waals surface area contributed by atoms with E-state index in [0.717, 1.165) is 9.86 Å². The molecule has 3 aromatic heterocycles. The zero-order chi connectivity index (χ0) is 11.8. The van der Waals surface area contributed by atoms with E-state index in [0.29, 0.717) is 16.8 Å². The van der Waals surface area contributed by atoms with Crippen molar-refractivity contribution in [3.63, 3.8) is 0 Å². The molecule has 0 spiro atoms. The van der Waals surface area contributed by atoms with Crippen LogP contribution < -0.4 is 0 Å². The Kier molecular flexibility index (Phi) is 2.33. The molecule has 0 aromatic carbocycles. The minimum Gasteiger partial charge on any atom is -0.472 e. The van der Waals surface area contributed by atoms with Crippen molar-refractivity contribution in [2.75, 3.05) is 0 Å². The summed E-state index contributed by atoms with van der Waals surface area (Å²) in [6, 6.07) is 3.51. The van der Waals surface area contributed by atoms with Gasteiger partial charge in [0.25, 0.3) is 0 Å². The molecule has 1 N–H and O–H groups in total. The molecular weight excluding hydrogens is 284 g/mol.